The van der Waals surface area contributed by atoms with E-state index in [0.29, 0.717) is 5.56 Å². The third-order valence-electron chi connectivity index (χ3n) is 2.80. The van der Waals surface area contributed by atoms with Crippen molar-refractivity contribution in [3.63, 3.8) is 0 Å². The number of pyridine rings is 1. The Bertz CT molecular complexity index is 516. The average molecular weight is 246 g/mol. The summed E-state index contributed by atoms with van der Waals surface area (Å²) in [5.41, 5.74) is 1.29. The van der Waals surface area contributed by atoms with E-state index in [1.54, 1.807) is 31.4 Å². The molecule has 94 valence electrons. The van der Waals surface area contributed by atoms with Crippen LogP contribution < -0.4 is 10.1 Å². The lowest BCUT2D eigenvalue weighted by molar-refractivity contribution is 0.382. The van der Waals surface area contributed by atoms with Crippen molar-refractivity contribution < 1.29 is 9.13 Å². The van der Waals surface area contributed by atoms with Crippen LogP contribution in [-0.4, -0.2) is 19.1 Å². The molecule has 2 aromatic rings. The van der Waals surface area contributed by atoms with E-state index in [2.05, 4.69) is 10.3 Å². The van der Waals surface area contributed by atoms with E-state index in [4.69, 9.17) is 4.74 Å². The Labute approximate surface area is 106 Å². The van der Waals surface area contributed by atoms with Crippen LogP contribution in [0.25, 0.3) is 0 Å². The first-order valence-electron chi connectivity index (χ1n) is 5.68. The maximum absolute atomic E-state index is 14.2. The minimum Gasteiger partial charge on any atom is -0.494 e. The summed E-state index contributed by atoms with van der Waals surface area (Å²) in [4.78, 5) is 4.25. The molecule has 1 atom stereocenters. The van der Waals surface area contributed by atoms with Gasteiger partial charge in [-0.1, -0.05) is 18.2 Å². The van der Waals surface area contributed by atoms with Crippen molar-refractivity contribution in [1.29, 1.82) is 0 Å². The van der Waals surface area contributed by atoms with E-state index in [1.807, 2.05) is 18.2 Å². The number of nitrogens with zero attached hydrogens (tertiary/aromatic N) is 1. The average Bonchev–Trinajstić information content (AvgIpc) is 2.43. The molecule has 18 heavy (non-hydrogen) atoms. The van der Waals surface area contributed by atoms with Gasteiger partial charge in [-0.3, -0.25) is 4.98 Å². The van der Waals surface area contributed by atoms with Crippen molar-refractivity contribution in [2.75, 3.05) is 14.2 Å². The fraction of sp³-hybridized carbons (Fsp3) is 0.214. The molecule has 1 aromatic heterocycles. The van der Waals surface area contributed by atoms with Crippen LogP contribution in [0.15, 0.2) is 42.6 Å². The molecule has 0 radical (unpaired) electrons. The molecule has 1 heterocycles. The molecule has 0 aliphatic carbocycles. The summed E-state index contributed by atoms with van der Waals surface area (Å²) < 4.78 is 19.2. The molecule has 3 nitrogen and oxygen atoms in total. The van der Waals surface area contributed by atoms with Crippen LogP contribution in [0.1, 0.15) is 17.3 Å². The van der Waals surface area contributed by atoms with Crippen molar-refractivity contribution in [1.82, 2.24) is 10.3 Å². The molecular formula is C14H15FN2O. The molecule has 0 fully saturated rings. The maximum atomic E-state index is 14.2. The van der Waals surface area contributed by atoms with Gasteiger partial charge in [0.1, 0.15) is 0 Å². The summed E-state index contributed by atoms with van der Waals surface area (Å²) >= 11 is 0. The van der Waals surface area contributed by atoms with Crippen molar-refractivity contribution in [2.45, 2.75) is 6.04 Å². The molecular weight excluding hydrogens is 231 g/mol. The van der Waals surface area contributed by atoms with Gasteiger partial charge in [-0.05, 0) is 25.2 Å². The quantitative estimate of drug-likeness (QED) is 0.900. The summed E-state index contributed by atoms with van der Waals surface area (Å²) in [5, 5.41) is 3.07. The molecule has 0 spiro atoms. The number of ether oxygens (including phenoxy) is 1. The Kier molecular flexibility index (Phi) is 3.89. The third-order valence-corrected chi connectivity index (χ3v) is 2.80. The number of aromatic nitrogens is 1. The fourth-order valence-corrected chi connectivity index (χ4v) is 1.92. The Balaban J connectivity index is 2.46. The highest BCUT2D eigenvalue weighted by Gasteiger charge is 2.19. The molecule has 0 bridgehead atoms. The second-order valence-corrected chi connectivity index (χ2v) is 3.84. The molecule has 1 aromatic carbocycles. The number of hydrogen-bond acceptors (Lipinski definition) is 3. The smallest absolute Gasteiger partial charge is 0.170 e. The number of halogens is 1. The topological polar surface area (TPSA) is 34.2 Å². The van der Waals surface area contributed by atoms with Crippen LogP contribution in [0.3, 0.4) is 0 Å². The zero-order valence-corrected chi connectivity index (χ0v) is 10.4. The first-order chi connectivity index (χ1) is 8.77. The number of rotatable bonds is 4. The summed E-state index contributed by atoms with van der Waals surface area (Å²) in [6, 6.07) is 10.4. The standard InChI is InChI=1S/C14H15FN2O/c1-16-14(11-7-3-4-9-17-11)10-6-5-8-12(18-2)13(10)15/h3-9,14,16H,1-2H3. The Hall–Kier alpha value is -1.94. The molecule has 0 aliphatic heterocycles. The molecule has 0 amide bonds. The summed E-state index contributed by atoms with van der Waals surface area (Å²) in [6.45, 7) is 0. The SMILES string of the molecule is CNC(c1ccccn1)c1cccc(OC)c1F. The lowest BCUT2D eigenvalue weighted by Gasteiger charge is -2.17. The molecule has 2 rings (SSSR count). The first-order valence-corrected chi connectivity index (χ1v) is 5.68. The predicted molar refractivity (Wildman–Crippen MR) is 68.1 cm³/mol. The van der Waals surface area contributed by atoms with Crippen LogP contribution in [0.2, 0.25) is 0 Å². The van der Waals surface area contributed by atoms with Crippen molar-refractivity contribution >= 4 is 0 Å². The number of methoxy groups -OCH3 is 1. The minimum absolute atomic E-state index is 0.240. The van der Waals surface area contributed by atoms with Gasteiger partial charge in [-0.25, -0.2) is 4.39 Å². The Morgan fingerprint density at radius 2 is 2.06 bits per heavy atom. The van der Waals surface area contributed by atoms with E-state index in [9.17, 15) is 4.39 Å². The van der Waals surface area contributed by atoms with Gasteiger partial charge in [0.15, 0.2) is 11.6 Å². The van der Waals surface area contributed by atoms with Gasteiger partial charge >= 0.3 is 0 Å². The van der Waals surface area contributed by atoms with Gasteiger partial charge in [-0.15, -0.1) is 0 Å². The molecule has 1 N–H and O–H groups in total. The van der Waals surface area contributed by atoms with E-state index >= 15 is 0 Å². The fourth-order valence-electron chi connectivity index (χ4n) is 1.92. The van der Waals surface area contributed by atoms with E-state index in [0.717, 1.165) is 5.69 Å². The normalized spacial score (nSPS) is 12.2. The van der Waals surface area contributed by atoms with Crippen LogP contribution >= 0.6 is 0 Å². The van der Waals surface area contributed by atoms with Gasteiger partial charge in [0.25, 0.3) is 0 Å². The van der Waals surface area contributed by atoms with Crippen molar-refractivity contribution in [2.24, 2.45) is 0 Å². The van der Waals surface area contributed by atoms with Gasteiger partial charge in [-0.2, -0.15) is 0 Å². The first kappa shape index (κ1) is 12.5. The molecule has 0 saturated carbocycles. The maximum Gasteiger partial charge on any atom is 0.170 e. The largest absolute Gasteiger partial charge is 0.494 e. The zero-order valence-electron chi connectivity index (χ0n) is 10.4. The lowest BCUT2D eigenvalue weighted by atomic mass is 10.0. The summed E-state index contributed by atoms with van der Waals surface area (Å²) in [5.74, 6) is -0.117. The van der Waals surface area contributed by atoms with Crippen LogP contribution in [0, 0.1) is 5.82 Å². The third kappa shape index (κ3) is 2.33. The second-order valence-electron chi connectivity index (χ2n) is 3.84. The van der Waals surface area contributed by atoms with Gasteiger partial charge < -0.3 is 10.1 Å². The van der Waals surface area contributed by atoms with E-state index < -0.39 is 0 Å². The highest BCUT2D eigenvalue weighted by Crippen LogP contribution is 2.27. The van der Waals surface area contributed by atoms with E-state index in [-0.39, 0.29) is 17.6 Å². The predicted octanol–water partition coefficient (Wildman–Crippen LogP) is 2.54. The number of hydrogen-bond donors (Lipinski definition) is 1. The lowest BCUT2D eigenvalue weighted by Crippen LogP contribution is -2.20. The summed E-state index contributed by atoms with van der Waals surface area (Å²) in [7, 11) is 3.23. The zero-order chi connectivity index (χ0) is 13.0. The van der Waals surface area contributed by atoms with Crippen molar-refractivity contribution in [3.8, 4) is 5.75 Å². The molecule has 0 aliphatic rings. The molecule has 0 saturated heterocycles. The van der Waals surface area contributed by atoms with Crippen molar-refractivity contribution in [3.05, 3.63) is 59.7 Å². The number of benzene rings is 1. The Morgan fingerprint density at radius 3 is 2.67 bits per heavy atom. The highest BCUT2D eigenvalue weighted by atomic mass is 19.1. The monoisotopic (exact) mass is 246 g/mol. The van der Waals surface area contributed by atoms with Gasteiger partial charge in [0, 0.05) is 11.8 Å². The van der Waals surface area contributed by atoms with Crippen LogP contribution in [-0.2, 0) is 0 Å². The molecule has 1 unspecified atom stereocenters. The highest BCUT2D eigenvalue weighted by molar-refractivity contribution is 5.36. The van der Waals surface area contributed by atoms with Crippen LogP contribution in [0.4, 0.5) is 4.39 Å². The Morgan fingerprint density at radius 1 is 1.22 bits per heavy atom. The molecule has 4 heteroatoms. The number of nitrogens with one attached hydrogen (secondary N) is 1. The van der Waals surface area contributed by atoms with Gasteiger partial charge in [0.05, 0.1) is 18.8 Å². The minimum atomic E-state index is -0.356. The summed E-state index contributed by atoms with van der Waals surface area (Å²) in [6.07, 6.45) is 1.69. The van der Waals surface area contributed by atoms with E-state index in [1.165, 1.54) is 7.11 Å². The van der Waals surface area contributed by atoms with Gasteiger partial charge in [0.2, 0.25) is 0 Å². The van der Waals surface area contributed by atoms with Crippen LogP contribution in [0.5, 0.6) is 5.75 Å². The second kappa shape index (κ2) is 5.60.